The van der Waals surface area contributed by atoms with Crippen LogP contribution in [0, 0.1) is 0 Å². The van der Waals surface area contributed by atoms with E-state index in [9.17, 15) is 5.11 Å². The van der Waals surface area contributed by atoms with Crippen molar-refractivity contribution in [2.24, 2.45) is 0 Å². The molecule has 0 aromatic heterocycles. The standard InChI is InChI=1S/C14H29NO2/c1-2-14(17)13-9-5-7-11-15(13)10-6-3-4-8-12-16/h13-14,16-17H,2-12H2,1H3. The molecule has 3 nitrogen and oxygen atoms in total. The number of aliphatic hydroxyl groups excluding tert-OH is 2. The van der Waals surface area contributed by atoms with Gasteiger partial charge in [-0.25, -0.2) is 0 Å². The Morgan fingerprint density at radius 3 is 2.65 bits per heavy atom. The van der Waals surface area contributed by atoms with Crippen molar-refractivity contribution in [1.29, 1.82) is 0 Å². The van der Waals surface area contributed by atoms with Crippen LogP contribution in [0.3, 0.4) is 0 Å². The average molecular weight is 243 g/mol. The van der Waals surface area contributed by atoms with Gasteiger partial charge < -0.3 is 10.2 Å². The summed E-state index contributed by atoms with van der Waals surface area (Å²) in [4.78, 5) is 2.48. The van der Waals surface area contributed by atoms with Crippen molar-refractivity contribution in [3.05, 3.63) is 0 Å². The van der Waals surface area contributed by atoms with Gasteiger partial charge in [0.1, 0.15) is 0 Å². The van der Waals surface area contributed by atoms with Gasteiger partial charge in [-0.3, -0.25) is 4.90 Å². The average Bonchev–Trinajstić information content (AvgIpc) is 2.38. The summed E-state index contributed by atoms with van der Waals surface area (Å²) in [7, 11) is 0. The fourth-order valence-corrected chi connectivity index (χ4v) is 2.78. The zero-order chi connectivity index (χ0) is 12.5. The minimum Gasteiger partial charge on any atom is -0.396 e. The fraction of sp³-hybridized carbons (Fsp3) is 1.00. The first-order valence-electron chi connectivity index (χ1n) is 7.32. The van der Waals surface area contributed by atoms with Gasteiger partial charge in [0.2, 0.25) is 0 Å². The highest BCUT2D eigenvalue weighted by Crippen LogP contribution is 2.21. The van der Waals surface area contributed by atoms with Gasteiger partial charge >= 0.3 is 0 Å². The molecule has 2 atom stereocenters. The maximum Gasteiger partial charge on any atom is 0.0692 e. The summed E-state index contributed by atoms with van der Waals surface area (Å²) in [6.07, 6.45) is 8.89. The van der Waals surface area contributed by atoms with Crippen molar-refractivity contribution < 1.29 is 10.2 Å². The maximum absolute atomic E-state index is 10.0. The second-order valence-corrected chi connectivity index (χ2v) is 5.21. The van der Waals surface area contributed by atoms with Gasteiger partial charge in [0.05, 0.1) is 6.10 Å². The number of hydrogen-bond donors (Lipinski definition) is 2. The molecule has 2 unspecified atom stereocenters. The Morgan fingerprint density at radius 1 is 1.18 bits per heavy atom. The topological polar surface area (TPSA) is 43.7 Å². The first-order chi connectivity index (χ1) is 8.29. The molecule has 1 saturated heterocycles. The Bertz CT molecular complexity index is 187. The van der Waals surface area contributed by atoms with Crippen molar-refractivity contribution in [2.45, 2.75) is 70.4 Å². The molecule has 1 fully saturated rings. The highest BCUT2D eigenvalue weighted by Gasteiger charge is 2.26. The summed E-state index contributed by atoms with van der Waals surface area (Å²) in [5.74, 6) is 0. The maximum atomic E-state index is 10.0. The van der Waals surface area contributed by atoms with E-state index in [0.29, 0.717) is 12.6 Å². The number of unbranched alkanes of at least 4 members (excludes halogenated alkanes) is 3. The predicted molar refractivity (Wildman–Crippen MR) is 71.1 cm³/mol. The largest absolute Gasteiger partial charge is 0.396 e. The van der Waals surface area contributed by atoms with E-state index >= 15 is 0 Å². The van der Waals surface area contributed by atoms with Crippen molar-refractivity contribution >= 4 is 0 Å². The first kappa shape index (κ1) is 14.9. The van der Waals surface area contributed by atoms with E-state index in [1.807, 2.05) is 0 Å². The predicted octanol–water partition coefficient (Wildman–Crippen LogP) is 2.16. The van der Waals surface area contributed by atoms with Crippen molar-refractivity contribution in [3.63, 3.8) is 0 Å². The molecule has 2 N–H and O–H groups in total. The van der Waals surface area contributed by atoms with E-state index in [2.05, 4.69) is 11.8 Å². The molecule has 0 bridgehead atoms. The second kappa shape index (κ2) is 8.90. The summed E-state index contributed by atoms with van der Waals surface area (Å²) in [6.45, 7) is 4.66. The SMILES string of the molecule is CCC(O)C1CCCCN1CCCCCCO. The fourth-order valence-electron chi connectivity index (χ4n) is 2.78. The van der Waals surface area contributed by atoms with E-state index in [4.69, 9.17) is 5.11 Å². The Morgan fingerprint density at radius 2 is 1.94 bits per heavy atom. The lowest BCUT2D eigenvalue weighted by atomic mass is 9.95. The van der Waals surface area contributed by atoms with E-state index in [1.54, 1.807) is 0 Å². The van der Waals surface area contributed by atoms with Gasteiger partial charge in [-0.1, -0.05) is 26.2 Å². The third-order valence-corrected chi connectivity index (χ3v) is 3.88. The van der Waals surface area contributed by atoms with Crippen molar-refractivity contribution in [2.75, 3.05) is 19.7 Å². The van der Waals surface area contributed by atoms with Crippen LogP contribution in [-0.4, -0.2) is 47.0 Å². The molecule has 0 aromatic carbocycles. The van der Waals surface area contributed by atoms with Crippen LogP contribution >= 0.6 is 0 Å². The van der Waals surface area contributed by atoms with Gasteiger partial charge in [-0.2, -0.15) is 0 Å². The van der Waals surface area contributed by atoms with Gasteiger partial charge in [-0.15, -0.1) is 0 Å². The van der Waals surface area contributed by atoms with E-state index in [0.717, 1.165) is 38.8 Å². The Balaban J connectivity index is 2.23. The summed E-state index contributed by atoms with van der Waals surface area (Å²) >= 11 is 0. The number of aliphatic hydroxyl groups is 2. The number of piperidine rings is 1. The Hall–Kier alpha value is -0.120. The van der Waals surface area contributed by atoms with E-state index < -0.39 is 0 Å². The number of nitrogens with zero attached hydrogens (tertiary/aromatic N) is 1. The molecule has 1 aliphatic heterocycles. The minimum atomic E-state index is -0.146. The summed E-state index contributed by atoms with van der Waals surface area (Å²) in [5, 5.41) is 18.7. The van der Waals surface area contributed by atoms with E-state index in [-0.39, 0.29) is 6.10 Å². The van der Waals surface area contributed by atoms with Crippen LogP contribution in [0.1, 0.15) is 58.3 Å². The molecule has 0 amide bonds. The van der Waals surface area contributed by atoms with Crippen LogP contribution in [-0.2, 0) is 0 Å². The lowest BCUT2D eigenvalue weighted by Gasteiger charge is -2.38. The first-order valence-corrected chi connectivity index (χ1v) is 7.32. The van der Waals surface area contributed by atoms with Crippen LogP contribution in [0.5, 0.6) is 0 Å². The zero-order valence-electron chi connectivity index (χ0n) is 11.3. The zero-order valence-corrected chi connectivity index (χ0v) is 11.3. The van der Waals surface area contributed by atoms with Crippen molar-refractivity contribution in [3.8, 4) is 0 Å². The Kier molecular flexibility index (Phi) is 7.82. The van der Waals surface area contributed by atoms with Crippen molar-refractivity contribution in [1.82, 2.24) is 4.90 Å². The van der Waals surface area contributed by atoms with Crippen LogP contribution in [0.25, 0.3) is 0 Å². The van der Waals surface area contributed by atoms with Gasteiger partial charge in [0.25, 0.3) is 0 Å². The van der Waals surface area contributed by atoms with E-state index in [1.165, 1.54) is 25.7 Å². The molecule has 0 radical (unpaired) electrons. The molecule has 0 aromatic rings. The molecular formula is C14H29NO2. The van der Waals surface area contributed by atoms with Crippen LogP contribution < -0.4 is 0 Å². The molecule has 3 heteroatoms. The van der Waals surface area contributed by atoms with Crippen LogP contribution in [0.15, 0.2) is 0 Å². The molecule has 102 valence electrons. The highest BCUT2D eigenvalue weighted by atomic mass is 16.3. The second-order valence-electron chi connectivity index (χ2n) is 5.21. The minimum absolute atomic E-state index is 0.146. The molecule has 17 heavy (non-hydrogen) atoms. The highest BCUT2D eigenvalue weighted by molar-refractivity contribution is 4.82. The third kappa shape index (κ3) is 5.36. The summed E-state index contributed by atoms with van der Waals surface area (Å²) in [5.41, 5.74) is 0. The van der Waals surface area contributed by atoms with Gasteiger partial charge in [0, 0.05) is 12.6 Å². The molecule has 1 aliphatic rings. The number of rotatable bonds is 8. The summed E-state index contributed by atoms with van der Waals surface area (Å²) < 4.78 is 0. The van der Waals surface area contributed by atoms with Crippen LogP contribution in [0.4, 0.5) is 0 Å². The molecule has 0 aliphatic carbocycles. The molecule has 0 spiro atoms. The lowest BCUT2D eigenvalue weighted by molar-refractivity contribution is 0.0231. The number of hydrogen-bond acceptors (Lipinski definition) is 3. The quantitative estimate of drug-likeness (QED) is 0.642. The smallest absolute Gasteiger partial charge is 0.0692 e. The molecule has 1 rings (SSSR count). The normalized spacial score (nSPS) is 23.8. The van der Waals surface area contributed by atoms with Gasteiger partial charge in [-0.05, 0) is 45.2 Å². The molecular weight excluding hydrogens is 214 g/mol. The molecule has 0 saturated carbocycles. The third-order valence-electron chi connectivity index (χ3n) is 3.88. The van der Waals surface area contributed by atoms with Gasteiger partial charge in [0.15, 0.2) is 0 Å². The Labute approximate surface area is 106 Å². The van der Waals surface area contributed by atoms with Crippen LogP contribution in [0.2, 0.25) is 0 Å². The monoisotopic (exact) mass is 243 g/mol. The lowest BCUT2D eigenvalue weighted by Crippen LogP contribution is -2.46. The molecule has 1 heterocycles. The number of likely N-dealkylation sites (tertiary alicyclic amines) is 1. The summed E-state index contributed by atoms with van der Waals surface area (Å²) in [6, 6.07) is 0.395.